The molecule has 2 atom stereocenters. The van der Waals surface area contributed by atoms with E-state index in [1.165, 1.54) is 0 Å². The molecule has 0 amide bonds. The van der Waals surface area contributed by atoms with Crippen molar-refractivity contribution in [2.45, 2.75) is 44.5 Å². The summed E-state index contributed by atoms with van der Waals surface area (Å²) in [5.41, 5.74) is 15.9. The summed E-state index contributed by atoms with van der Waals surface area (Å²) in [6.45, 7) is 3.67. The molecule has 1 saturated heterocycles. The van der Waals surface area contributed by atoms with E-state index in [-0.39, 0.29) is 18.4 Å². The first-order chi connectivity index (χ1) is 11.5. The van der Waals surface area contributed by atoms with Gasteiger partial charge in [0.2, 0.25) is 0 Å². The summed E-state index contributed by atoms with van der Waals surface area (Å²) in [6.07, 6.45) is 4.05. The van der Waals surface area contributed by atoms with Gasteiger partial charge in [0.15, 0.2) is 0 Å². The van der Waals surface area contributed by atoms with Crippen molar-refractivity contribution in [3.05, 3.63) is 29.1 Å². The van der Waals surface area contributed by atoms with Crippen LogP contribution in [0.4, 0.5) is 15.8 Å². The van der Waals surface area contributed by atoms with Crippen molar-refractivity contribution >= 4 is 16.9 Å². The van der Waals surface area contributed by atoms with Gasteiger partial charge >= 0.3 is 0 Å². The average Bonchev–Trinajstić information content (AvgIpc) is 3.29. The van der Waals surface area contributed by atoms with Gasteiger partial charge in [0.1, 0.15) is 12.0 Å². The van der Waals surface area contributed by atoms with E-state index >= 15 is 0 Å². The lowest BCUT2D eigenvalue weighted by Gasteiger charge is -2.38. The molecule has 2 fully saturated rings. The minimum Gasteiger partial charge on any atom is -0.370 e. The van der Waals surface area contributed by atoms with E-state index < -0.39 is 6.23 Å². The Morgan fingerprint density at radius 1 is 1.29 bits per heavy atom. The number of rotatable bonds is 3. The van der Waals surface area contributed by atoms with Crippen LogP contribution >= 0.6 is 0 Å². The molecule has 5 nitrogen and oxygen atoms in total. The number of aliphatic hydroxyl groups excluding tert-OH is 1. The lowest BCUT2D eigenvalue weighted by atomic mass is 9.93. The molecule has 4 rings (SSSR count). The Labute approximate surface area is 141 Å². The quantitative estimate of drug-likeness (QED) is 0.778. The van der Waals surface area contributed by atoms with Crippen LogP contribution < -0.4 is 21.3 Å². The zero-order chi connectivity index (χ0) is 17.0. The minimum atomic E-state index is -0.693. The van der Waals surface area contributed by atoms with Gasteiger partial charge in [-0.3, -0.25) is 0 Å². The van der Waals surface area contributed by atoms with Crippen molar-refractivity contribution in [3.8, 4) is 0 Å². The van der Waals surface area contributed by atoms with Crippen molar-refractivity contribution in [2.75, 3.05) is 29.4 Å². The second kappa shape index (κ2) is 5.72. The molecule has 6 heteroatoms. The molecule has 0 bridgehead atoms. The second-order valence-electron chi connectivity index (χ2n) is 7.17. The molecule has 24 heavy (non-hydrogen) atoms. The number of nitrogens with zero attached hydrogens (tertiary/aromatic N) is 2. The lowest BCUT2D eigenvalue weighted by Crippen LogP contribution is -2.40. The van der Waals surface area contributed by atoms with Crippen molar-refractivity contribution in [1.82, 2.24) is 0 Å². The SMILES string of the molecule is Cc1c(N2CC[C@H](N)C2)c(F)cc2c1N(C1CC1)C(O)C=C2CN. The summed E-state index contributed by atoms with van der Waals surface area (Å²) in [5, 5.41) is 10.6. The molecular formula is C18H25FN4O. The second-order valence-corrected chi connectivity index (χ2v) is 7.17. The van der Waals surface area contributed by atoms with Crippen molar-refractivity contribution in [1.29, 1.82) is 0 Å². The number of hydrogen-bond acceptors (Lipinski definition) is 5. The summed E-state index contributed by atoms with van der Waals surface area (Å²) in [4.78, 5) is 4.07. The predicted molar refractivity (Wildman–Crippen MR) is 94.5 cm³/mol. The molecule has 1 aliphatic carbocycles. The van der Waals surface area contributed by atoms with Crippen LogP contribution in [0, 0.1) is 12.7 Å². The summed E-state index contributed by atoms with van der Waals surface area (Å²) >= 11 is 0. The third-order valence-corrected chi connectivity index (χ3v) is 5.40. The van der Waals surface area contributed by atoms with Crippen LogP contribution in [0.1, 0.15) is 30.4 Å². The zero-order valence-electron chi connectivity index (χ0n) is 14.0. The third kappa shape index (κ3) is 2.41. The first kappa shape index (κ1) is 15.9. The molecular weight excluding hydrogens is 307 g/mol. The van der Waals surface area contributed by atoms with Gasteiger partial charge in [-0.05, 0) is 49.5 Å². The van der Waals surface area contributed by atoms with Crippen LogP contribution in [0.5, 0.6) is 0 Å². The highest BCUT2D eigenvalue weighted by molar-refractivity contribution is 5.87. The number of hydrogen-bond donors (Lipinski definition) is 3. The number of anilines is 2. The van der Waals surface area contributed by atoms with Gasteiger partial charge in [-0.2, -0.15) is 0 Å². The molecule has 0 spiro atoms. The largest absolute Gasteiger partial charge is 0.370 e. The van der Waals surface area contributed by atoms with Crippen LogP contribution in [0.3, 0.4) is 0 Å². The molecule has 2 aliphatic heterocycles. The standard InChI is InChI=1S/C18H25FN4O/c1-10-17-14(7-15(19)18(10)22-5-4-12(21)9-22)11(8-20)6-16(24)23(17)13-2-3-13/h6-7,12-13,16,24H,2-5,8-9,20-21H2,1H3/t12-,16?/m0/s1. The fourth-order valence-electron chi connectivity index (χ4n) is 4.12. The number of benzene rings is 1. The maximum absolute atomic E-state index is 14.9. The Morgan fingerprint density at radius 2 is 2.04 bits per heavy atom. The van der Waals surface area contributed by atoms with Gasteiger partial charge in [0.25, 0.3) is 0 Å². The van der Waals surface area contributed by atoms with Gasteiger partial charge in [-0.1, -0.05) is 0 Å². The van der Waals surface area contributed by atoms with E-state index in [9.17, 15) is 9.50 Å². The summed E-state index contributed by atoms with van der Waals surface area (Å²) < 4.78 is 14.9. The Balaban J connectivity index is 1.87. The van der Waals surface area contributed by atoms with E-state index in [0.717, 1.165) is 48.2 Å². The fraction of sp³-hybridized carbons (Fsp3) is 0.556. The molecule has 1 aromatic rings. The monoisotopic (exact) mass is 332 g/mol. The van der Waals surface area contributed by atoms with Crippen LogP contribution in [-0.2, 0) is 0 Å². The molecule has 0 aromatic heterocycles. The van der Waals surface area contributed by atoms with Gasteiger partial charge in [0.05, 0.1) is 11.4 Å². The maximum Gasteiger partial charge on any atom is 0.147 e. The predicted octanol–water partition coefficient (Wildman–Crippen LogP) is 1.31. The molecule has 2 heterocycles. The number of halogens is 1. The van der Waals surface area contributed by atoms with E-state index in [1.807, 2.05) is 16.7 Å². The van der Waals surface area contributed by atoms with E-state index in [4.69, 9.17) is 11.5 Å². The smallest absolute Gasteiger partial charge is 0.147 e. The number of aliphatic hydroxyl groups is 1. The van der Waals surface area contributed by atoms with Gasteiger partial charge < -0.3 is 26.4 Å². The van der Waals surface area contributed by atoms with E-state index in [0.29, 0.717) is 18.3 Å². The molecule has 5 N–H and O–H groups in total. The van der Waals surface area contributed by atoms with Crippen molar-refractivity contribution in [2.24, 2.45) is 11.5 Å². The number of fused-ring (bicyclic) bond motifs is 1. The minimum absolute atomic E-state index is 0.0875. The van der Waals surface area contributed by atoms with Crippen LogP contribution in [-0.4, -0.2) is 43.1 Å². The Kier molecular flexibility index (Phi) is 3.78. The molecule has 1 aromatic carbocycles. The lowest BCUT2D eigenvalue weighted by molar-refractivity contribution is 0.213. The van der Waals surface area contributed by atoms with Crippen LogP contribution in [0.15, 0.2) is 12.1 Å². The number of nitrogens with two attached hydrogens (primary N) is 2. The molecule has 1 saturated carbocycles. The van der Waals surface area contributed by atoms with E-state index in [2.05, 4.69) is 0 Å². The van der Waals surface area contributed by atoms with Crippen LogP contribution in [0.2, 0.25) is 0 Å². The Hall–Kier alpha value is -1.63. The van der Waals surface area contributed by atoms with Gasteiger partial charge in [-0.25, -0.2) is 4.39 Å². The van der Waals surface area contributed by atoms with E-state index in [1.54, 1.807) is 12.1 Å². The third-order valence-electron chi connectivity index (χ3n) is 5.40. The van der Waals surface area contributed by atoms with Crippen molar-refractivity contribution in [3.63, 3.8) is 0 Å². The van der Waals surface area contributed by atoms with Gasteiger partial charge in [-0.15, -0.1) is 0 Å². The Morgan fingerprint density at radius 3 is 2.62 bits per heavy atom. The summed E-state index contributed by atoms with van der Waals surface area (Å²) in [6, 6.07) is 2.00. The van der Waals surface area contributed by atoms with Crippen molar-refractivity contribution < 1.29 is 9.50 Å². The highest BCUT2D eigenvalue weighted by atomic mass is 19.1. The van der Waals surface area contributed by atoms with Gasteiger partial charge in [0, 0.05) is 37.3 Å². The first-order valence-electron chi connectivity index (χ1n) is 8.72. The zero-order valence-corrected chi connectivity index (χ0v) is 14.0. The summed E-state index contributed by atoms with van der Waals surface area (Å²) in [7, 11) is 0. The maximum atomic E-state index is 14.9. The molecule has 0 radical (unpaired) electrons. The highest BCUT2D eigenvalue weighted by Gasteiger charge is 2.39. The fourth-order valence-corrected chi connectivity index (χ4v) is 4.12. The highest BCUT2D eigenvalue weighted by Crippen LogP contribution is 2.46. The molecule has 130 valence electrons. The molecule has 1 unspecified atom stereocenters. The first-order valence-corrected chi connectivity index (χ1v) is 8.72. The van der Waals surface area contributed by atoms with Crippen LogP contribution in [0.25, 0.3) is 5.57 Å². The normalized spacial score (nSPS) is 26.6. The summed E-state index contributed by atoms with van der Waals surface area (Å²) in [5.74, 6) is -0.230. The molecule has 3 aliphatic rings. The Bertz CT molecular complexity index is 701. The topological polar surface area (TPSA) is 78.8 Å². The average molecular weight is 332 g/mol.